The van der Waals surface area contributed by atoms with Gasteiger partial charge in [0.25, 0.3) is 11.6 Å². The molecule has 1 aliphatic heterocycles. The summed E-state index contributed by atoms with van der Waals surface area (Å²) < 4.78 is 20.7. The van der Waals surface area contributed by atoms with E-state index in [1.54, 1.807) is 23.0 Å². The highest BCUT2D eigenvalue weighted by atomic mass is 19.1. The zero-order valence-electron chi connectivity index (χ0n) is 15.6. The second-order valence-corrected chi connectivity index (χ2v) is 7.50. The predicted molar refractivity (Wildman–Crippen MR) is 101 cm³/mol. The molecule has 4 rings (SSSR count). The van der Waals surface area contributed by atoms with Crippen molar-refractivity contribution >= 4 is 17.1 Å². The van der Waals surface area contributed by atoms with E-state index in [1.807, 2.05) is 13.8 Å². The van der Waals surface area contributed by atoms with Gasteiger partial charge in [0.05, 0.1) is 12.0 Å². The molecule has 0 bridgehead atoms. The minimum Gasteiger partial charge on any atom is -0.423 e. The van der Waals surface area contributed by atoms with Crippen molar-refractivity contribution < 1.29 is 8.81 Å². The lowest BCUT2D eigenvalue weighted by Crippen LogP contribution is -2.36. The van der Waals surface area contributed by atoms with Gasteiger partial charge in [0.15, 0.2) is 5.58 Å². The number of hydrogen-bond donors (Lipinski definition) is 0. The smallest absolute Gasteiger partial charge is 0.298 e. The van der Waals surface area contributed by atoms with Crippen LogP contribution in [0.25, 0.3) is 11.1 Å². The molecule has 1 aromatic carbocycles. The summed E-state index contributed by atoms with van der Waals surface area (Å²) in [5.41, 5.74) is 1.97. The molecule has 1 fully saturated rings. The maximum atomic E-state index is 13.3. The monoisotopic (exact) mass is 370 g/mol. The van der Waals surface area contributed by atoms with Crippen molar-refractivity contribution in [2.45, 2.75) is 39.2 Å². The molecule has 6 nitrogen and oxygen atoms in total. The topological polar surface area (TPSA) is 64.2 Å². The molecule has 27 heavy (non-hydrogen) atoms. The second-order valence-electron chi connectivity index (χ2n) is 7.50. The molecule has 0 spiro atoms. The van der Waals surface area contributed by atoms with Crippen molar-refractivity contribution in [1.82, 2.24) is 14.5 Å². The number of aromatic nitrogens is 3. The van der Waals surface area contributed by atoms with Gasteiger partial charge in [0.2, 0.25) is 0 Å². The quantitative estimate of drug-likeness (QED) is 0.703. The Morgan fingerprint density at radius 2 is 2.04 bits per heavy atom. The van der Waals surface area contributed by atoms with E-state index in [4.69, 9.17) is 4.42 Å². The third-order valence-corrected chi connectivity index (χ3v) is 5.17. The highest BCUT2D eigenvalue weighted by molar-refractivity contribution is 5.74. The Morgan fingerprint density at radius 3 is 2.74 bits per heavy atom. The number of piperidine rings is 1. The minimum atomic E-state index is -0.327. The Labute approximate surface area is 156 Å². The van der Waals surface area contributed by atoms with Gasteiger partial charge < -0.3 is 9.32 Å². The van der Waals surface area contributed by atoms with Crippen LogP contribution >= 0.6 is 0 Å². The first kappa shape index (κ1) is 17.7. The standard InChI is InChI=1S/C20H23FN4O2/c1-13(2)17-10-19(26)25(12-22-17)11-14-5-7-24(8-6-14)20-23-16-4-3-15(21)9-18(16)27-20/h3-4,9-10,12-14H,5-8,11H2,1-2H3. The lowest BCUT2D eigenvalue weighted by molar-refractivity contribution is 0.342. The van der Waals surface area contributed by atoms with Crippen LogP contribution in [0.1, 0.15) is 38.3 Å². The number of nitrogens with zero attached hydrogens (tertiary/aromatic N) is 4. The van der Waals surface area contributed by atoms with Crippen LogP contribution in [0.3, 0.4) is 0 Å². The molecule has 2 aromatic heterocycles. The average Bonchev–Trinajstić information content (AvgIpc) is 3.07. The fraction of sp³-hybridized carbons (Fsp3) is 0.450. The number of anilines is 1. The van der Waals surface area contributed by atoms with Gasteiger partial charge in [-0.15, -0.1) is 0 Å². The third-order valence-electron chi connectivity index (χ3n) is 5.17. The van der Waals surface area contributed by atoms with Crippen molar-refractivity contribution in [3.05, 3.63) is 52.5 Å². The van der Waals surface area contributed by atoms with Crippen molar-refractivity contribution in [3.63, 3.8) is 0 Å². The van der Waals surface area contributed by atoms with Crippen LogP contribution in [0.5, 0.6) is 0 Å². The van der Waals surface area contributed by atoms with Crippen LogP contribution < -0.4 is 10.5 Å². The van der Waals surface area contributed by atoms with Gasteiger partial charge in [-0.3, -0.25) is 9.36 Å². The first-order valence-corrected chi connectivity index (χ1v) is 9.37. The molecule has 0 atom stereocenters. The fourth-order valence-corrected chi connectivity index (χ4v) is 3.50. The Morgan fingerprint density at radius 1 is 1.26 bits per heavy atom. The number of benzene rings is 1. The summed E-state index contributed by atoms with van der Waals surface area (Å²) in [5, 5.41) is 0. The summed E-state index contributed by atoms with van der Waals surface area (Å²) in [6, 6.07) is 6.55. The summed E-state index contributed by atoms with van der Waals surface area (Å²) in [5.74, 6) is 0.333. The summed E-state index contributed by atoms with van der Waals surface area (Å²) >= 11 is 0. The van der Waals surface area contributed by atoms with Crippen molar-refractivity contribution in [3.8, 4) is 0 Å². The summed E-state index contributed by atoms with van der Waals surface area (Å²) in [6.45, 7) is 6.33. The van der Waals surface area contributed by atoms with E-state index in [9.17, 15) is 9.18 Å². The maximum Gasteiger partial charge on any atom is 0.298 e. The summed E-state index contributed by atoms with van der Waals surface area (Å²) in [6.07, 6.45) is 3.54. The van der Waals surface area contributed by atoms with Gasteiger partial charge in [-0.25, -0.2) is 9.37 Å². The van der Waals surface area contributed by atoms with Crippen LogP contribution in [-0.2, 0) is 6.54 Å². The Bertz CT molecular complexity index is 1000. The normalized spacial score (nSPS) is 15.8. The van der Waals surface area contributed by atoms with Gasteiger partial charge in [-0.05, 0) is 36.8 Å². The summed E-state index contributed by atoms with van der Waals surface area (Å²) in [4.78, 5) is 23.2. The summed E-state index contributed by atoms with van der Waals surface area (Å²) in [7, 11) is 0. The van der Waals surface area contributed by atoms with Gasteiger partial charge >= 0.3 is 0 Å². The molecule has 7 heteroatoms. The molecule has 3 heterocycles. The third kappa shape index (κ3) is 3.72. The molecular weight excluding hydrogens is 347 g/mol. The maximum absolute atomic E-state index is 13.3. The zero-order chi connectivity index (χ0) is 19.0. The van der Waals surface area contributed by atoms with E-state index in [0.29, 0.717) is 29.6 Å². The van der Waals surface area contributed by atoms with E-state index in [0.717, 1.165) is 31.6 Å². The second kappa shape index (κ2) is 7.13. The van der Waals surface area contributed by atoms with Crippen molar-refractivity contribution in [2.75, 3.05) is 18.0 Å². The van der Waals surface area contributed by atoms with Gasteiger partial charge in [-0.1, -0.05) is 13.8 Å². The van der Waals surface area contributed by atoms with Crippen molar-refractivity contribution in [2.24, 2.45) is 5.92 Å². The van der Waals surface area contributed by atoms with Crippen LogP contribution in [0.4, 0.5) is 10.4 Å². The van der Waals surface area contributed by atoms with Gasteiger partial charge in [-0.2, -0.15) is 4.98 Å². The highest BCUT2D eigenvalue weighted by Crippen LogP contribution is 2.27. The van der Waals surface area contributed by atoms with E-state index < -0.39 is 0 Å². The van der Waals surface area contributed by atoms with E-state index >= 15 is 0 Å². The highest BCUT2D eigenvalue weighted by Gasteiger charge is 2.23. The lowest BCUT2D eigenvalue weighted by atomic mass is 9.97. The van der Waals surface area contributed by atoms with Crippen LogP contribution in [-0.4, -0.2) is 27.6 Å². The molecule has 142 valence electrons. The molecule has 1 saturated heterocycles. The molecular formula is C20H23FN4O2. The lowest BCUT2D eigenvalue weighted by Gasteiger charge is -2.31. The molecule has 0 N–H and O–H groups in total. The minimum absolute atomic E-state index is 0.0112. The van der Waals surface area contributed by atoms with E-state index in [-0.39, 0.29) is 17.3 Å². The fourth-order valence-electron chi connectivity index (χ4n) is 3.50. The molecule has 3 aromatic rings. The SMILES string of the molecule is CC(C)c1cc(=O)n(CC2CCN(c3nc4ccc(F)cc4o3)CC2)cn1. The molecule has 1 aliphatic rings. The molecule has 0 unspecified atom stereocenters. The first-order valence-electron chi connectivity index (χ1n) is 9.37. The number of halogens is 1. The number of rotatable bonds is 4. The van der Waals surface area contributed by atoms with Crippen LogP contribution in [0.2, 0.25) is 0 Å². The molecule has 0 saturated carbocycles. The number of hydrogen-bond acceptors (Lipinski definition) is 5. The van der Waals surface area contributed by atoms with Crippen molar-refractivity contribution in [1.29, 1.82) is 0 Å². The predicted octanol–water partition coefficient (Wildman–Crippen LogP) is 3.56. The number of fused-ring (bicyclic) bond motifs is 1. The Kier molecular flexibility index (Phi) is 4.68. The molecule has 0 radical (unpaired) electrons. The van der Waals surface area contributed by atoms with E-state index in [1.165, 1.54) is 12.1 Å². The average molecular weight is 370 g/mol. The molecule has 0 aliphatic carbocycles. The van der Waals surface area contributed by atoms with Gasteiger partial charge in [0.1, 0.15) is 11.3 Å². The zero-order valence-corrected chi connectivity index (χ0v) is 15.6. The van der Waals surface area contributed by atoms with E-state index in [2.05, 4.69) is 14.9 Å². The largest absolute Gasteiger partial charge is 0.423 e. The van der Waals surface area contributed by atoms with Gasteiger partial charge in [0, 0.05) is 31.8 Å². The first-order chi connectivity index (χ1) is 13.0. The molecule has 0 amide bonds. The Hall–Kier alpha value is -2.70. The van der Waals surface area contributed by atoms with Crippen LogP contribution in [0.15, 0.2) is 39.8 Å². The number of oxazole rings is 1. The van der Waals surface area contributed by atoms with Crippen LogP contribution in [0, 0.1) is 11.7 Å². The Balaban J connectivity index is 1.40.